The summed E-state index contributed by atoms with van der Waals surface area (Å²) in [4.78, 5) is 25.9. The van der Waals surface area contributed by atoms with Gasteiger partial charge in [-0.15, -0.1) is 0 Å². The zero-order valence-corrected chi connectivity index (χ0v) is 22.5. The lowest BCUT2D eigenvalue weighted by Crippen LogP contribution is -2.29. The first kappa shape index (κ1) is 25.5. The third-order valence-corrected chi connectivity index (χ3v) is 6.94. The molecule has 0 unspecified atom stereocenters. The molecule has 0 atom stereocenters. The Morgan fingerprint density at radius 2 is 1.92 bits per heavy atom. The van der Waals surface area contributed by atoms with Gasteiger partial charge in [0.15, 0.2) is 0 Å². The standard InChI is InChI=1S/C30H35N7O/c1-6-29(38)32-26-18-25(20(2)17-28(26)36(5)16-15-35(3)4)34-30-31-14-13-24(33-30)23-19-37(21-11-12-21)27-10-8-7-9-22(23)27/h6-10,13-14,17-19,21H,1,11-12,15-16H2,2-5H3,(H,32,38)(H,31,33,34). The maximum absolute atomic E-state index is 12.2. The summed E-state index contributed by atoms with van der Waals surface area (Å²) in [6.07, 6.45) is 7.73. The lowest BCUT2D eigenvalue weighted by Gasteiger charge is -2.25. The molecule has 0 bridgehead atoms. The molecule has 1 saturated carbocycles. The number of carbonyl (C=O) groups is 1. The molecule has 2 aromatic heterocycles. The number of carbonyl (C=O) groups excluding carboxylic acids is 1. The number of nitrogens with one attached hydrogen (secondary N) is 2. The Morgan fingerprint density at radius 3 is 2.66 bits per heavy atom. The summed E-state index contributed by atoms with van der Waals surface area (Å²) < 4.78 is 2.38. The predicted octanol–water partition coefficient (Wildman–Crippen LogP) is 5.61. The highest BCUT2D eigenvalue weighted by molar-refractivity contribution is 6.02. The summed E-state index contributed by atoms with van der Waals surface area (Å²) in [5.41, 5.74) is 6.70. The Labute approximate surface area is 224 Å². The number of hydrogen-bond donors (Lipinski definition) is 2. The molecule has 1 amide bonds. The molecule has 2 N–H and O–H groups in total. The van der Waals surface area contributed by atoms with Crippen molar-refractivity contribution in [2.45, 2.75) is 25.8 Å². The smallest absolute Gasteiger partial charge is 0.247 e. The van der Waals surface area contributed by atoms with Gasteiger partial charge in [-0.1, -0.05) is 24.8 Å². The Morgan fingerprint density at radius 1 is 1.13 bits per heavy atom. The van der Waals surface area contributed by atoms with E-state index in [0.717, 1.165) is 41.3 Å². The number of para-hydroxylation sites is 1. The number of hydrogen-bond acceptors (Lipinski definition) is 6. The predicted molar refractivity (Wildman–Crippen MR) is 156 cm³/mol. The molecule has 0 radical (unpaired) electrons. The van der Waals surface area contributed by atoms with Gasteiger partial charge >= 0.3 is 0 Å². The number of likely N-dealkylation sites (N-methyl/N-ethyl adjacent to an activating group) is 2. The van der Waals surface area contributed by atoms with Crippen molar-refractivity contribution in [3.05, 3.63) is 73.1 Å². The third kappa shape index (κ3) is 5.40. The van der Waals surface area contributed by atoms with Crippen molar-refractivity contribution in [1.29, 1.82) is 0 Å². The van der Waals surface area contributed by atoms with E-state index in [0.29, 0.717) is 17.7 Å². The van der Waals surface area contributed by atoms with Crippen LogP contribution >= 0.6 is 0 Å². The molecule has 1 fully saturated rings. The average molecular weight is 510 g/mol. The quantitative estimate of drug-likeness (QED) is 0.271. The largest absolute Gasteiger partial charge is 0.372 e. The van der Waals surface area contributed by atoms with Crippen LogP contribution in [0.1, 0.15) is 24.4 Å². The van der Waals surface area contributed by atoms with Crippen LogP contribution in [0.3, 0.4) is 0 Å². The van der Waals surface area contributed by atoms with Gasteiger partial charge in [-0.2, -0.15) is 0 Å². The van der Waals surface area contributed by atoms with Crippen molar-refractivity contribution < 1.29 is 4.79 Å². The first-order chi connectivity index (χ1) is 18.3. The number of benzene rings is 2. The topological polar surface area (TPSA) is 78.3 Å². The molecule has 0 saturated heterocycles. The number of rotatable bonds is 10. The van der Waals surface area contributed by atoms with E-state index in [1.807, 2.05) is 40.2 Å². The van der Waals surface area contributed by atoms with Crippen molar-refractivity contribution in [2.75, 3.05) is 49.8 Å². The first-order valence-corrected chi connectivity index (χ1v) is 13.0. The van der Waals surface area contributed by atoms with Gasteiger partial charge in [-0.25, -0.2) is 9.97 Å². The van der Waals surface area contributed by atoms with Gasteiger partial charge in [-0.05, 0) is 69.8 Å². The Hall–Kier alpha value is -4.17. The fourth-order valence-corrected chi connectivity index (χ4v) is 4.65. The zero-order chi connectivity index (χ0) is 26.8. The van der Waals surface area contributed by atoms with E-state index in [-0.39, 0.29) is 5.91 Å². The second-order valence-corrected chi connectivity index (χ2v) is 10.2. The molecule has 1 aliphatic carbocycles. The molecule has 196 valence electrons. The van der Waals surface area contributed by atoms with Crippen LogP contribution in [0.25, 0.3) is 22.2 Å². The second-order valence-electron chi connectivity index (χ2n) is 10.2. The fourth-order valence-electron chi connectivity index (χ4n) is 4.65. The van der Waals surface area contributed by atoms with E-state index >= 15 is 0 Å². The molecule has 0 spiro atoms. The molecule has 5 rings (SSSR count). The number of amides is 1. The van der Waals surface area contributed by atoms with Gasteiger partial charge in [0.1, 0.15) is 0 Å². The minimum absolute atomic E-state index is 0.257. The van der Waals surface area contributed by atoms with E-state index in [1.54, 1.807) is 6.20 Å². The van der Waals surface area contributed by atoms with Gasteiger partial charge < -0.3 is 25.0 Å². The van der Waals surface area contributed by atoms with Crippen molar-refractivity contribution in [1.82, 2.24) is 19.4 Å². The molecule has 0 aliphatic heterocycles. The van der Waals surface area contributed by atoms with Crippen LogP contribution in [-0.2, 0) is 4.79 Å². The van der Waals surface area contributed by atoms with E-state index in [1.165, 1.54) is 29.8 Å². The number of nitrogens with zero attached hydrogens (tertiary/aromatic N) is 5. The summed E-state index contributed by atoms with van der Waals surface area (Å²) in [6.45, 7) is 7.35. The van der Waals surface area contributed by atoms with Gasteiger partial charge in [0.2, 0.25) is 11.9 Å². The van der Waals surface area contributed by atoms with Crippen molar-refractivity contribution >= 4 is 39.8 Å². The third-order valence-electron chi connectivity index (χ3n) is 6.94. The maximum Gasteiger partial charge on any atom is 0.247 e. The molecular formula is C30H35N7O. The van der Waals surface area contributed by atoms with Gasteiger partial charge in [0, 0.05) is 60.7 Å². The Bertz CT molecular complexity index is 1490. The number of aromatic nitrogens is 3. The summed E-state index contributed by atoms with van der Waals surface area (Å²) in [5.74, 6) is 0.246. The highest BCUT2D eigenvalue weighted by Crippen LogP contribution is 2.41. The summed E-state index contributed by atoms with van der Waals surface area (Å²) in [7, 11) is 6.12. The van der Waals surface area contributed by atoms with Gasteiger partial charge in [0.05, 0.1) is 17.1 Å². The minimum Gasteiger partial charge on any atom is -0.372 e. The normalized spacial score (nSPS) is 13.1. The minimum atomic E-state index is -0.257. The van der Waals surface area contributed by atoms with Crippen LogP contribution in [0.4, 0.5) is 23.0 Å². The SMILES string of the molecule is C=CC(=O)Nc1cc(Nc2nccc(-c3cn(C4CC4)c4ccccc34)n2)c(C)cc1N(C)CCN(C)C. The molecule has 4 aromatic rings. The molecule has 8 heteroatoms. The van der Waals surface area contributed by atoms with E-state index < -0.39 is 0 Å². The molecule has 1 aliphatic rings. The van der Waals surface area contributed by atoms with Crippen molar-refractivity contribution in [3.63, 3.8) is 0 Å². The molecule has 8 nitrogen and oxygen atoms in total. The molecular weight excluding hydrogens is 474 g/mol. The van der Waals surface area contributed by atoms with E-state index in [4.69, 9.17) is 4.98 Å². The van der Waals surface area contributed by atoms with Crippen LogP contribution < -0.4 is 15.5 Å². The fraction of sp³-hybridized carbons (Fsp3) is 0.300. The van der Waals surface area contributed by atoms with Crippen LogP contribution in [0.15, 0.2) is 67.5 Å². The highest BCUT2D eigenvalue weighted by Gasteiger charge is 2.26. The zero-order valence-electron chi connectivity index (χ0n) is 22.5. The average Bonchev–Trinajstić information content (AvgIpc) is 3.68. The van der Waals surface area contributed by atoms with Gasteiger partial charge in [0.25, 0.3) is 0 Å². The number of anilines is 4. The van der Waals surface area contributed by atoms with E-state index in [2.05, 4.69) is 73.1 Å². The van der Waals surface area contributed by atoms with Crippen LogP contribution in [0.5, 0.6) is 0 Å². The Balaban J connectivity index is 1.47. The lowest BCUT2D eigenvalue weighted by molar-refractivity contribution is -0.111. The highest BCUT2D eigenvalue weighted by atomic mass is 16.1. The summed E-state index contributed by atoms with van der Waals surface area (Å²) >= 11 is 0. The maximum atomic E-state index is 12.2. The van der Waals surface area contributed by atoms with E-state index in [9.17, 15) is 4.79 Å². The van der Waals surface area contributed by atoms with Crippen LogP contribution in [0, 0.1) is 6.92 Å². The molecule has 38 heavy (non-hydrogen) atoms. The lowest BCUT2D eigenvalue weighted by atomic mass is 10.1. The first-order valence-electron chi connectivity index (χ1n) is 13.0. The van der Waals surface area contributed by atoms with Gasteiger partial charge in [-0.3, -0.25) is 4.79 Å². The van der Waals surface area contributed by atoms with Crippen LogP contribution in [0.2, 0.25) is 0 Å². The second kappa shape index (κ2) is 10.7. The molecule has 2 heterocycles. The van der Waals surface area contributed by atoms with Crippen LogP contribution in [-0.4, -0.2) is 59.6 Å². The molecule has 2 aromatic carbocycles. The Kier molecular flexibility index (Phi) is 7.15. The summed E-state index contributed by atoms with van der Waals surface area (Å²) in [6, 6.07) is 15.0. The summed E-state index contributed by atoms with van der Waals surface area (Å²) in [5, 5.41) is 7.54. The van der Waals surface area contributed by atoms with Crippen molar-refractivity contribution in [2.24, 2.45) is 0 Å². The van der Waals surface area contributed by atoms with Crippen molar-refractivity contribution in [3.8, 4) is 11.3 Å². The monoisotopic (exact) mass is 509 g/mol. The number of fused-ring (bicyclic) bond motifs is 1. The number of aryl methyl sites for hydroxylation is 1.